The lowest BCUT2D eigenvalue weighted by molar-refractivity contribution is -0.135. The topological polar surface area (TPSA) is 339 Å². The third kappa shape index (κ3) is 27.3. The van der Waals surface area contributed by atoms with Gasteiger partial charge in [0.25, 0.3) is 17.7 Å². The molecule has 3 heterocycles. The lowest BCUT2D eigenvalue weighted by Crippen LogP contribution is -2.49. The van der Waals surface area contributed by atoms with E-state index in [1.54, 1.807) is 0 Å². The Morgan fingerprint density at radius 1 is 0.344 bits per heavy atom. The number of guanidine groups is 2. The third-order valence-corrected chi connectivity index (χ3v) is 23.0. The molecule has 22 nitrogen and oxygen atoms in total. The van der Waals surface area contributed by atoms with Crippen LogP contribution in [0, 0.1) is 0 Å². The molecule has 3 fully saturated rings. The number of carbonyl (C=O) groups excluding carboxylic acids is 6. The van der Waals surface area contributed by atoms with Crippen LogP contribution in [0.25, 0.3) is 33.4 Å². The summed E-state index contributed by atoms with van der Waals surface area (Å²) < 4.78 is 0. The summed E-state index contributed by atoms with van der Waals surface area (Å²) in [5.74, 6) is -0.106. The summed E-state index contributed by atoms with van der Waals surface area (Å²) in [6.45, 7) is 5.23. The molecule has 0 aromatic heterocycles. The molecule has 0 spiro atoms. The van der Waals surface area contributed by atoms with Gasteiger partial charge in [-0.05, 0) is 168 Å². The van der Waals surface area contributed by atoms with E-state index >= 15 is 0 Å². The molecule has 0 unspecified atom stereocenters. The number of nitrogens with one attached hydrogen (secondary N) is 6. The van der Waals surface area contributed by atoms with E-state index in [0.717, 1.165) is 87.7 Å². The summed E-state index contributed by atoms with van der Waals surface area (Å²) >= 11 is 0. The lowest BCUT2D eigenvalue weighted by atomic mass is 9.96. The van der Waals surface area contributed by atoms with Crippen LogP contribution in [0.3, 0.4) is 0 Å². The number of rotatable bonds is 33. The first kappa shape index (κ1) is 90.8. The predicted molar refractivity (Wildman–Crippen MR) is 501 cm³/mol. The van der Waals surface area contributed by atoms with E-state index in [9.17, 15) is 28.8 Å². The Morgan fingerprint density at radius 2 is 0.624 bits per heavy atom. The van der Waals surface area contributed by atoms with E-state index in [1.807, 2.05) is 257 Å². The Hall–Kier alpha value is -13.4. The van der Waals surface area contributed by atoms with Crippen LogP contribution in [0.1, 0.15) is 135 Å². The molecule has 125 heavy (non-hydrogen) atoms. The maximum absolute atomic E-state index is 14.2. The van der Waals surface area contributed by atoms with Gasteiger partial charge < -0.3 is 75.3 Å². The molecule has 0 aliphatic carbocycles. The second kappa shape index (κ2) is 47.9. The number of unbranched alkanes of at least 4 members (excludes halogenated alkanes) is 1. The molecule has 11 aromatic rings. The number of nitrogens with zero attached hydrogens (tertiary/aromatic N) is 5. The monoisotopic (exact) mass is 1670 g/mol. The summed E-state index contributed by atoms with van der Waals surface area (Å²) in [6.07, 6.45) is 7.95. The zero-order valence-electron chi connectivity index (χ0n) is 71.1. The van der Waals surface area contributed by atoms with Gasteiger partial charge in [0.1, 0.15) is 0 Å². The summed E-state index contributed by atoms with van der Waals surface area (Å²) in [7, 11) is 0. The van der Waals surface area contributed by atoms with Crippen molar-refractivity contribution < 1.29 is 28.8 Å². The van der Waals surface area contributed by atoms with Crippen molar-refractivity contribution in [1.82, 2.24) is 46.6 Å². The highest BCUT2D eigenvalue weighted by atomic mass is 16.2. The van der Waals surface area contributed by atoms with Crippen LogP contribution in [-0.4, -0.2) is 164 Å². The van der Waals surface area contributed by atoms with Gasteiger partial charge in [-0.1, -0.05) is 285 Å². The lowest BCUT2D eigenvalue weighted by Gasteiger charge is -2.33. The molecule has 646 valence electrons. The zero-order chi connectivity index (χ0) is 87.3. The van der Waals surface area contributed by atoms with Gasteiger partial charge in [0, 0.05) is 93.7 Å². The van der Waals surface area contributed by atoms with Crippen LogP contribution in [0.2, 0.25) is 0 Å². The Bertz CT molecular complexity index is 4880. The maximum atomic E-state index is 14.2. The van der Waals surface area contributed by atoms with Gasteiger partial charge in [-0.25, -0.2) is 0 Å². The first-order chi connectivity index (χ1) is 61.1. The fraction of sp³-hybridized carbons (Fsp3) is 0.282. The summed E-state index contributed by atoms with van der Waals surface area (Å²) in [4.78, 5) is 95.1. The molecule has 0 bridgehead atoms. The number of benzene rings is 11. The molecule has 3 aliphatic rings. The van der Waals surface area contributed by atoms with Gasteiger partial charge in [-0.3, -0.25) is 38.8 Å². The van der Waals surface area contributed by atoms with E-state index in [-0.39, 0.29) is 83.6 Å². The summed E-state index contributed by atoms with van der Waals surface area (Å²) in [6, 6.07) is 102. The quantitative estimate of drug-likeness (QED) is 0.0104. The Kier molecular flexibility index (Phi) is 34.8. The molecule has 6 atom stereocenters. The van der Waals surface area contributed by atoms with Gasteiger partial charge in [-0.2, -0.15) is 0 Å². The molecular weight excluding hydrogens is 1560 g/mol. The molecule has 6 amide bonds. The van der Waals surface area contributed by atoms with E-state index in [2.05, 4.69) is 115 Å². The van der Waals surface area contributed by atoms with Crippen molar-refractivity contribution in [2.24, 2.45) is 38.7 Å². The Labute approximate surface area is 735 Å². The molecule has 11 aromatic carbocycles. The molecule has 3 aliphatic heterocycles. The van der Waals surface area contributed by atoms with Crippen LogP contribution < -0.4 is 60.6 Å². The van der Waals surface area contributed by atoms with Crippen molar-refractivity contribution in [2.45, 2.75) is 119 Å². The van der Waals surface area contributed by atoms with Gasteiger partial charge in [0.2, 0.25) is 17.7 Å². The standard InChI is InChI=1S/2C36H40N6O2.C31H38N4O2/c2*37-36(38)39-23-10-17-32-35(44)42(33(28-13-6-2-7-14-28)29-15-8-3-9-16-29)24-22-31(41-32)25-40-34(43)30-20-18-27(19-21-30)26-11-4-1-5-12-26;32-20-8-7-13-29-31(37)35(21-18-24-9-3-1-4-10-24)22-19-28(34-29)23-33-30(36)27-16-14-26(15-17-27)25-11-5-2-6-12-25/h2*1-9,11-16,18-21,31-33,41H,10,17,22-25H2,(H,40,43)(H4,37,38,39);1-6,9-12,14-17,28-29,34H,7-8,13,18-23,32H2,(H,33,36)/t31-,32+;31-,32-;28-,29-/m110/s1. The van der Waals surface area contributed by atoms with Gasteiger partial charge >= 0.3 is 0 Å². The number of hydrogen-bond acceptors (Lipinski definition) is 12. The minimum atomic E-state index is -0.450. The average Bonchev–Trinajstić information content (AvgIpc) is 1.79. The summed E-state index contributed by atoms with van der Waals surface area (Å²) in [5, 5.41) is 19.9. The number of amides is 6. The van der Waals surface area contributed by atoms with Crippen molar-refractivity contribution in [2.75, 3.05) is 65.4 Å². The van der Waals surface area contributed by atoms with Crippen molar-refractivity contribution in [3.8, 4) is 33.4 Å². The highest BCUT2D eigenvalue weighted by Gasteiger charge is 2.38. The second-order valence-electron chi connectivity index (χ2n) is 31.8. The Balaban J connectivity index is 0.000000172. The third-order valence-electron chi connectivity index (χ3n) is 23.0. The number of nitrogens with two attached hydrogens (primary N) is 5. The van der Waals surface area contributed by atoms with Crippen molar-refractivity contribution in [3.05, 3.63) is 360 Å². The number of carbonyl (C=O) groups is 6. The highest BCUT2D eigenvalue weighted by molar-refractivity contribution is 5.96. The molecule has 0 radical (unpaired) electrons. The fourth-order valence-electron chi connectivity index (χ4n) is 16.4. The molecule has 14 rings (SSSR count). The first-order valence-electron chi connectivity index (χ1n) is 43.7. The molecule has 0 saturated carbocycles. The molecular formula is C103H118N16O6. The van der Waals surface area contributed by atoms with Gasteiger partial charge in [0.15, 0.2) is 11.9 Å². The van der Waals surface area contributed by atoms with Crippen LogP contribution in [0.5, 0.6) is 0 Å². The summed E-state index contributed by atoms with van der Waals surface area (Å²) in [5.41, 5.74) is 41.6. The fourth-order valence-corrected chi connectivity index (χ4v) is 16.4. The number of aliphatic imine (C=N–C) groups is 2. The van der Waals surface area contributed by atoms with Crippen molar-refractivity contribution in [1.29, 1.82) is 0 Å². The molecule has 3 saturated heterocycles. The first-order valence-corrected chi connectivity index (χ1v) is 43.7. The van der Waals surface area contributed by atoms with Crippen molar-refractivity contribution >= 4 is 47.4 Å². The smallest absolute Gasteiger partial charge is 0.251 e. The average molecular weight is 1680 g/mol. The van der Waals surface area contributed by atoms with Gasteiger partial charge in [0.05, 0.1) is 30.2 Å². The zero-order valence-corrected chi connectivity index (χ0v) is 71.1. The Morgan fingerprint density at radius 3 is 0.936 bits per heavy atom. The highest BCUT2D eigenvalue weighted by Crippen LogP contribution is 2.34. The van der Waals surface area contributed by atoms with E-state index in [1.165, 1.54) is 5.56 Å². The number of hydrogen-bond donors (Lipinski definition) is 11. The van der Waals surface area contributed by atoms with E-state index in [4.69, 9.17) is 28.7 Å². The largest absolute Gasteiger partial charge is 0.370 e. The van der Waals surface area contributed by atoms with Crippen molar-refractivity contribution in [3.63, 3.8) is 0 Å². The molecule has 22 heteroatoms. The normalized spacial score (nSPS) is 17.1. The van der Waals surface area contributed by atoms with Gasteiger partial charge in [-0.15, -0.1) is 0 Å². The SMILES string of the molecule is NC(N)=NCCC[C@@H]1N[C@@H](CNC(=O)c2ccc(-c3ccccc3)cc2)CCN(C(c2ccccc2)c2ccccc2)C1=O.NC(N)=NCCC[C@H]1N[C@@H](CNC(=O)c2ccc(-c3ccccc3)cc2)CCN(C(c2ccccc2)c2ccccc2)C1=O.NCCCC[C@@H]1N[C@H](CNC(=O)c2ccc(-c3ccccc3)cc2)CCN(CCc2ccccc2)C1=O. The second-order valence-corrected chi connectivity index (χ2v) is 31.8. The van der Waals surface area contributed by atoms with Crippen LogP contribution >= 0.6 is 0 Å². The predicted octanol–water partition coefficient (Wildman–Crippen LogP) is 13.0. The molecule has 16 N–H and O–H groups in total. The van der Waals surface area contributed by atoms with E-state index in [0.29, 0.717) is 121 Å². The minimum Gasteiger partial charge on any atom is -0.370 e. The van der Waals surface area contributed by atoms with E-state index < -0.39 is 12.1 Å². The van der Waals surface area contributed by atoms with Crippen LogP contribution in [0.15, 0.2) is 325 Å². The minimum absolute atomic E-state index is 0.0257. The van der Waals surface area contributed by atoms with Crippen LogP contribution in [0.4, 0.5) is 0 Å². The maximum Gasteiger partial charge on any atom is 0.251 e. The van der Waals surface area contributed by atoms with Crippen LogP contribution in [-0.2, 0) is 20.8 Å².